The number of benzene rings is 2. The molecule has 7 nitrogen and oxygen atoms in total. The maximum Gasteiger partial charge on any atom is 0.338 e. The van der Waals surface area contributed by atoms with Gasteiger partial charge in [0.15, 0.2) is 6.61 Å². The van der Waals surface area contributed by atoms with Crippen LogP contribution in [0.5, 0.6) is 0 Å². The van der Waals surface area contributed by atoms with E-state index in [1.807, 2.05) is 6.07 Å². The van der Waals surface area contributed by atoms with E-state index in [-0.39, 0.29) is 29.0 Å². The Morgan fingerprint density at radius 1 is 1.14 bits per heavy atom. The van der Waals surface area contributed by atoms with Crippen LogP contribution < -0.4 is 9.62 Å². The minimum absolute atomic E-state index is 0.0279. The normalized spacial score (nSPS) is 13.6. The fourth-order valence-corrected chi connectivity index (χ4v) is 4.65. The number of hydrogen-bond acceptors (Lipinski definition) is 5. The van der Waals surface area contributed by atoms with Crippen molar-refractivity contribution in [2.45, 2.75) is 37.6 Å². The number of anilines is 1. The first-order chi connectivity index (χ1) is 13.8. The van der Waals surface area contributed by atoms with Gasteiger partial charge in [-0.3, -0.25) is 9.10 Å². The number of esters is 1. The van der Waals surface area contributed by atoms with Gasteiger partial charge in [-0.2, -0.15) is 0 Å². The predicted molar refractivity (Wildman–Crippen MR) is 109 cm³/mol. The van der Waals surface area contributed by atoms with Crippen LogP contribution in [0.4, 0.5) is 5.69 Å². The second-order valence-electron chi connectivity index (χ2n) is 6.90. The first-order valence-corrected chi connectivity index (χ1v) is 10.9. The van der Waals surface area contributed by atoms with Crippen LogP contribution in [0.1, 0.15) is 35.7 Å². The number of hydrogen-bond donors (Lipinski definition) is 1. The highest BCUT2D eigenvalue weighted by atomic mass is 32.2. The van der Waals surface area contributed by atoms with E-state index in [9.17, 15) is 18.0 Å². The SMILES string of the molecule is CCN(c1ccccc1)S(=O)(=O)c1cc(C(=O)OCC(=O)NC2CC2)ccc1C. The van der Waals surface area contributed by atoms with E-state index in [1.165, 1.54) is 16.4 Å². The number of nitrogens with one attached hydrogen (secondary N) is 1. The molecule has 2 aromatic carbocycles. The molecule has 0 spiro atoms. The maximum atomic E-state index is 13.3. The zero-order valence-electron chi connectivity index (χ0n) is 16.4. The number of carbonyl (C=O) groups excluding carboxylic acids is 2. The number of para-hydroxylation sites is 1. The lowest BCUT2D eigenvalue weighted by Crippen LogP contribution is -2.31. The Balaban J connectivity index is 1.81. The third-order valence-electron chi connectivity index (χ3n) is 4.60. The Labute approximate surface area is 170 Å². The molecule has 0 radical (unpaired) electrons. The average molecular weight is 416 g/mol. The summed E-state index contributed by atoms with van der Waals surface area (Å²) >= 11 is 0. The van der Waals surface area contributed by atoms with Crippen molar-refractivity contribution < 1.29 is 22.7 Å². The molecule has 0 aliphatic heterocycles. The summed E-state index contributed by atoms with van der Waals surface area (Å²) in [5.41, 5.74) is 1.14. The highest BCUT2D eigenvalue weighted by Gasteiger charge is 2.27. The molecule has 2 aromatic rings. The molecule has 1 aliphatic carbocycles. The minimum Gasteiger partial charge on any atom is -0.452 e. The fourth-order valence-electron chi connectivity index (χ4n) is 2.92. The van der Waals surface area contributed by atoms with Gasteiger partial charge in [0.05, 0.1) is 16.1 Å². The zero-order chi connectivity index (χ0) is 21.0. The van der Waals surface area contributed by atoms with Crippen LogP contribution in [0.15, 0.2) is 53.4 Å². The van der Waals surface area contributed by atoms with E-state index in [1.54, 1.807) is 44.2 Å². The van der Waals surface area contributed by atoms with Gasteiger partial charge in [0.2, 0.25) is 0 Å². The van der Waals surface area contributed by atoms with E-state index in [2.05, 4.69) is 5.32 Å². The van der Waals surface area contributed by atoms with Crippen molar-refractivity contribution >= 4 is 27.6 Å². The lowest BCUT2D eigenvalue weighted by Gasteiger charge is -2.24. The van der Waals surface area contributed by atoms with Crippen molar-refractivity contribution in [2.75, 3.05) is 17.5 Å². The molecule has 8 heteroatoms. The molecule has 29 heavy (non-hydrogen) atoms. The van der Waals surface area contributed by atoms with E-state index in [4.69, 9.17) is 4.74 Å². The van der Waals surface area contributed by atoms with Crippen LogP contribution >= 0.6 is 0 Å². The second kappa shape index (κ2) is 8.65. The number of sulfonamides is 1. The minimum atomic E-state index is -3.88. The molecule has 0 unspecified atom stereocenters. The molecule has 154 valence electrons. The van der Waals surface area contributed by atoms with Crippen molar-refractivity contribution in [3.63, 3.8) is 0 Å². The van der Waals surface area contributed by atoms with Gasteiger partial charge in [-0.25, -0.2) is 13.2 Å². The Morgan fingerprint density at radius 3 is 2.45 bits per heavy atom. The summed E-state index contributed by atoms with van der Waals surface area (Å²) in [5.74, 6) is -1.10. The lowest BCUT2D eigenvalue weighted by atomic mass is 10.1. The van der Waals surface area contributed by atoms with Gasteiger partial charge < -0.3 is 10.1 Å². The number of ether oxygens (including phenoxy) is 1. The monoisotopic (exact) mass is 416 g/mol. The first kappa shape index (κ1) is 20.9. The standard InChI is InChI=1S/C21H24N2O5S/c1-3-23(18-7-5-4-6-8-18)29(26,27)19-13-16(10-9-15(19)2)21(25)28-14-20(24)22-17-11-12-17/h4-10,13,17H,3,11-12,14H2,1-2H3,(H,22,24). The highest BCUT2D eigenvalue weighted by molar-refractivity contribution is 7.92. The summed E-state index contributed by atoms with van der Waals surface area (Å²) in [7, 11) is -3.88. The van der Waals surface area contributed by atoms with Gasteiger partial charge in [0, 0.05) is 12.6 Å². The molecule has 1 aliphatic rings. The number of rotatable bonds is 8. The third kappa shape index (κ3) is 4.95. The third-order valence-corrected chi connectivity index (χ3v) is 6.65. The van der Waals surface area contributed by atoms with Crippen LogP contribution in [0.25, 0.3) is 0 Å². The molecule has 1 fully saturated rings. The Morgan fingerprint density at radius 2 is 1.83 bits per heavy atom. The lowest BCUT2D eigenvalue weighted by molar-refractivity contribution is -0.124. The van der Waals surface area contributed by atoms with Gasteiger partial charge in [-0.1, -0.05) is 24.3 Å². The van der Waals surface area contributed by atoms with Crippen LogP contribution in [0, 0.1) is 6.92 Å². The van der Waals surface area contributed by atoms with Crippen molar-refractivity contribution in [1.82, 2.24) is 5.32 Å². The molecular weight excluding hydrogens is 392 g/mol. The molecule has 0 saturated heterocycles. The smallest absolute Gasteiger partial charge is 0.338 e. The highest BCUT2D eigenvalue weighted by Crippen LogP contribution is 2.26. The Hall–Kier alpha value is -2.87. The van der Waals surface area contributed by atoms with E-state index in [0.717, 1.165) is 12.8 Å². The molecule has 0 aromatic heterocycles. The molecule has 1 amide bonds. The van der Waals surface area contributed by atoms with Gasteiger partial charge >= 0.3 is 5.97 Å². The second-order valence-corrected chi connectivity index (χ2v) is 8.73. The molecule has 0 atom stereocenters. The van der Waals surface area contributed by atoms with Gasteiger partial charge in [0.25, 0.3) is 15.9 Å². The first-order valence-electron chi connectivity index (χ1n) is 9.48. The summed E-state index contributed by atoms with van der Waals surface area (Å²) in [4.78, 5) is 24.1. The Bertz CT molecular complexity index is 1000. The van der Waals surface area contributed by atoms with Crippen LogP contribution in [0.2, 0.25) is 0 Å². The molecule has 0 bridgehead atoms. The fraction of sp³-hybridized carbons (Fsp3) is 0.333. The number of carbonyl (C=O) groups is 2. The quantitative estimate of drug-likeness (QED) is 0.668. The topological polar surface area (TPSA) is 92.8 Å². The molecular formula is C21H24N2O5S. The van der Waals surface area contributed by atoms with Crippen molar-refractivity contribution in [3.8, 4) is 0 Å². The maximum absolute atomic E-state index is 13.3. The van der Waals surface area contributed by atoms with Gasteiger partial charge in [-0.05, 0) is 56.5 Å². The predicted octanol–water partition coefficient (Wildman–Crippen LogP) is 2.65. The summed E-state index contributed by atoms with van der Waals surface area (Å²) in [6, 6.07) is 13.3. The number of aryl methyl sites for hydroxylation is 1. The van der Waals surface area contributed by atoms with Crippen LogP contribution in [0.3, 0.4) is 0 Å². The summed E-state index contributed by atoms with van der Waals surface area (Å²) in [6.07, 6.45) is 1.88. The summed E-state index contributed by atoms with van der Waals surface area (Å²) < 4.78 is 32.9. The van der Waals surface area contributed by atoms with Crippen molar-refractivity contribution in [1.29, 1.82) is 0 Å². The summed E-state index contributed by atoms with van der Waals surface area (Å²) in [6.45, 7) is 3.26. The van der Waals surface area contributed by atoms with Crippen LogP contribution in [-0.2, 0) is 19.6 Å². The van der Waals surface area contributed by atoms with Gasteiger partial charge in [-0.15, -0.1) is 0 Å². The van der Waals surface area contributed by atoms with Crippen molar-refractivity contribution in [2.24, 2.45) is 0 Å². The molecule has 1 saturated carbocycles. The number of amides is 1. The molecule has 3 rings (SSSR count). The van der Waals surface area contributed by atoms with Crippen molar-refractivity contribution in [3.05, 3.63) is 59.7 Å². The van der Waals surface area contributed by atoms with Gasteiger partial charge in [0.1, 0.15) is 0 Å². The van der Waals surface area contributed by atoms with E-state index >= 15 is 0 Å². The zero-order valence-corrected chi connectivity index (χ0v) is 17.2. The average Bonchev–Trinajstić information content (AvgIpc) is 3.51. The number of nitrogens with zero attached hydrogens (tertiary/aromatic N) is 1. The molecule has 0 heterocycles. The largest absolute Gasteiger partial charge is 0.452 e. The van der Waals surface area contributed by atoms with E-state index < -0.39 is 22.6 Å². The van der Waals surface area contributed by atoms with Crippen LogP contribution in [-0.4, -0.2) is 39.5 Å². The Kier molecular flexibility index (Phi) is 6.22. The van der Waals surface area contributed by atoms with E-state index in [0.29, 0.717) is 11.3 Å². The summed E-state index contributed by atoms with van der Waals surface area (Å²) in [5, 5.41) is 2.73. The molecule has 1 N–H and O–H groups in total.